The van der Waals surface area contributed by atoms with Crippen LogP contribution >= 0.6 is 11.6 Å². The summed E-state index contributed by atoms with van der Waals surface area (Å²) >= 11 is 6.09. The summed E-state index contributed by atoms with van der Waals surface area (Å²) in [6, 6.07) is 4.86. The Balaban J connectivity index is 2.26. The number of aromatic nitrogens is 2. The van der Waals surface area contributed by atoms with Crippen molar-refractivity contribution in [1.82, 2.24) is 9.97 Å². The van der Waals surface area contributed by atoms with Gasteiger partial charge in [-0.15, -0.1) is 0 Å². The maximum Gasteiger partial charge on any atom is 0.409 e. The number of ether oxygens (including phenoxy) is 3. The lowest BCUT2D eigenvalue weighted by Gasteiger charge is -2.10. The molecule has 0 aliphatic carbocycles. The van der Waals surface area contributed by atoms with E-state index in [1.54, 1.807) is 19.2 Å². The summed E-state index contributed by atoms with van der Waals surface area (Å²) in [6.45, 7) is 0.803. The molecule has 2 aromatic rings. The second kappa shape index (κ2) is 7.58. The van der Waals surface area contributed by atoms with Crippen molar-refractivity contribution in [2.75, 3.05) is 20.3 Å². The molecule has 2 heterocycles. The van der Waals surface area contributed by atoms with E-state index in [4.69, 9.17) is 31.5 Å². The number of rotatable bonds is 6. The lowest BCUT2D eigenvalue weighted by molar-refractivity contribution is 0.146. The van der Waals surface area contributed by atoms with Crippen molar-refractivity contribution in [3.63, 3.8) is 0 Å². The highest BCUT2D eigenvalue weighted by Crippen LogP contribution is 2.31. The Morgan fingerprint density at radius 2 is 2.09 bits per heavy atom. The van der Waals surface area contributed by atoms with Gasteiger partial charge in [-0.3, -0.25) is 4.98 Å². The summed E-state index contributed by atoms with van der Waals surface area (Å²) in [7, 11) is 1.58. The van der Waals surface area contributed by atoms with Gasteiger partial charge in [0.1, 0.15) is 12.4 Å². The van der Waals surface area contributed by atoms with Crippen molar-refractivity contribution in [3.05, 3.63) is 35.7 Å². The van der Waals surface area contributed by atoms with Gasteiger partial charge in [0, 0.05) is 25.6 Å². The van der Waals surface area contributed by atoms with Crippen LogP contribution in [0.1, 0.15) is 0 Å². The first kappa shape index (κ1) is 16.0. The lowest BCUT2D eigenvalue weighted by atomic mass is 10.1. The molecule has 0 bridgehead atoms. The predicted molar refractivity (Wildman–Crippen MR) is 80.1 cm³/mol. The number of hydrogen-bond donors (Lipinski definition) is 1. The van der Waals surface area contributed by atoms with E-state index in [-0.39, 0.29) is 10.9 Å². The average Bonchev–Trinajstić information content (AvgIpc) is 2.49. The van der Waals surface area contributed by atoms with Gasteiger partial charge in [0.15, 0.2) is 10.9 Å². The van der Waals surface area contributed by atoms with Crippen molar-refractivity contribution in [2.45, 2.75) is 0 Å². The van der Waals surface area contributed by atoms with Gasteiger partial charge < -0.3 is 19.9 Å². The fourth-order valence-electron chi connectivity index (χ4n) is 1.69. The Morgan fingerprint density at radius 3 is 2.77 bits per heavy atom. The number of methoxy groups -OCH3 is 1. The Hall–Kier alpha value is -2.38. The SMILES string of the molecule is COCCOc1ccc(-c2cnccc2OC(N)=O)nc1Cl. The summed E-state index contributed by atoms with van der Waals surface area (Å²) in [4.78, 5) is 19.1. The Labute approximate surface area is 132 Å². The van der Waals surface area contributed by atoms with Crippen molar-refractivity contribution < 1.29 is 19.0 Å². The van der Waals surface area contributed by atoms with Gasteiger partial charge in [-0.25, -0.2) is 9.78 Å². The molecule has 0 aromatic carbocycles. The smallest absolute Gasteiger partial charge is 0.409 e. The standard InChI is InChI=1S/C14H14ClN3O4/c1-20-6-7-21-12-3-2-10(18-13(12)15)9-8-17-5-4-11(9)22-14(16)19/h2-5,8H,6-7H2,1H3,(H2,16,19). The highest BCUT2D eigenvalue weighted by molar-refractivity contribution is 6.31. The molecule has 0 atom stereocenters. The molecule has 2 rings (SSSR count). The molecule has 0 radical (unpaired) electrons. The number of carbonyl (C=O) groups is 1. The van der Waals surface area contributed by atoms with Crippen molar-refractivity contribution in [2.24, 2.45) is 5.73 Å². The van der Waals surface area contributed by atoms with Crippen LogP contribution in [0, 0.1) is 0 Å². The van der Waals surface area contributed by atoms with E-state index in [1.165, 1.54) is 18.5 Å². The average molecular weight is 324 g/mol. The topological polar surface area (TPSA) is 96.6 Å². The first-order valence-electron chi connectivity index (χ1n) is 6.31. The van der Waals surface area contributed by atoms with E-state index >= 15 is 0 Å². The quantitative estimate of drug-likeness (QED) is 0.647. The predicted octanol–water partition coefficient (Wildman–Crippen LogP) is 2.28. The van der Waals surface area contributed by atoms with E-state index in [2.05, 4.69) is 9.97 Å². The van der Waals surface area contributed by atoms with Gasteiger partial charge in [0.2, 0.25) is 0 Å². The van der Waals surface area contributed by atoms with E-state index in [0.29, 0.717) is 30.2 Å². The van der Waals surface area contributed by atoms with Crippen molar-refractivity contribution >= 4 is 17.7 Å². The molecule has 8 heteroatoms. The minimum atomic E-state index is -0.918. The number of nitrogens with two attached hydrogens (primary N) is 1. The lowest BCUT2D eigenvalue weighted by Crippen LogP contribution is -2.16. The van der Waals surface area contributed by atoms with Crippen LogP contribution in [-0.4, -0.2) is 36.4 Å². The maximum absolute atomic E-state index is 10.9. The zero-order chi connectivity index (χ0) is 15.9. The third kappa shape index (κ3) is 4.06. The number of primary amides is 1. The van der Waals surface area contributed by atoms with Gasteiger partial charge in [0.05, 0.1) is 17.9 Å². The largest absolute Gasteiger partial charge is 0.488 e. The molecular formula is C14H14ClN3O4. The van der Waals surface area contributed by atoms with Crippen LogP contribution < -0.4 is 15.2 Å². The second-order valence-corrected chi connectivity index (χ2v) is 4.48. The molecule has 0 unspecified atom stereocenters. The van der Waals surface area contributed by atoms with E-state index in [1.807, 2.05) is 0 Å². The number of halogens is 1. The van der Waals surface area contributed by atoms with E-state index < -0.39 is 6.09 Å². The van der Waals surface area contributed by atoms with Crippen LogP contribution in [0.5, 0.6) is 11.5 Å². The molecule has 0 saturated carbocycles. The maximum atomic E-state index is 10.9. The van der Waals surface area contributed by atoms with Gasteiger partial charge in [-0.2, -0.15) is 0 Å². The van der Waals surface area contributed by atoms with Crippen molar-refractivity contribution in [1.29, 1.82) is 0 Å². The number of amides is 1. The van der Waals surface area contributed by atoms with Gasteiger partial charge in [0.25, 0.3) is 0 Å². The zero-order valence-electron chi connectivity index (χ0n) is 11.8. The van der Waals surface area contributed by atoms with Crippen LogP contribution in [0.3, 0.4) is 0 Å². The molecule has 0 aliphatic heterocycles. The minimum Gasteiger partial charge on any atom is -0.488 e. The molecular weight excluding hydrogens is 310 g/mol. The Kier molecular flexibility index (Phi) is 5.51. The fraction of sp³-hybridized carbons (Fsp3) is 0.214. The first-order chi connectivity index (χ1) is 10.6. The van der Waals surface area contributed by atoms with Gasteiger partial charge in [-0.1, -0.05) is 11.6 Å². The molecule has 0 saturated heterocycles. The highest BCUT2D eigenvalue weighted by Gasteiger charge is 2.12. The van der Waals surface area contributed by atoms with Crippen LogP contribution in [0.2, 0.25) is 5.15 Å². The number of pyridine rings is 2. The van der Waals surface area contributed by atoms with Crippen LogP contribution in [-0.2, 0) is 4.74 Å². The molecule has 0 spiro atoms. The van der Waals surface area contributed by atoms with Gasteiger partial charge >= 0.3 is 6.09 Å². The molecule has 7 nitrogen and oxygen atoms in total. The van der Waals surface area contributed by atoms with Crippen LogP contribution in [0.15, 0.2) is 30.6 Å². The third-order valence-corrected chi connectivity index (χ3v) is 2.90. The summed E-state index contributed by atoms with van der Waals surface area (Å²) in [5.41, 5.74) is 6.01. The van der Waals surface area contributed by atoms with Crippen molar-refractivity contribution in [3.8, 4) is 22.8 Å². The summed E-state index contributed by atoms with van der Waals surface area (Å²) in [5, 5.41) is 0.183. The highest BCUT2D eigenvalue weighted by atomic mass is 35.5. The summed E-state index contributed by atoms with van der Waals surface area (Å²) in [6.07, 6.45) is 2.06. The molecule has 1 amide bonds. The monoisotopic (exact) mass is 323 g/mol. The summed E-state index contributed by atoms with van der Waals surface area (Å²) in [5.74, 6) is 0.683. The number of hydrogen-bond acceptors (Lipinski definition) is 6. The number of nitrogens with zero attached hydrogens (tertiary/aromatic N) is 2. The Morgan fingerprint density at radius 1 is 1.27 bits per heavy atom. The third-order valence-electron chi connectivity index (χ3n) is 2.63. The summed E-state index contributed by atoms with van der Waals surface area (Å²) < 4.78 is 15.2. The van der Waals surface area contributed by atoms with Crippen LogP contribution in [0.25, 0.3) is 11.3 Å². The van der Waals surface area contributed by atoms with E-state index in [0.717, 1.165) is 0 Å². The fourth-order valence-corrected chi connectivity index (χ4v) is 1.89. The first-order valence-corrected chi connectivity index (χ1v) is 6.69. The molecule has 2 N–H and O–H groups in total. The zero-order valence-corrected chi connectivity index (χ0v) is 12.5. The Bertz CT molecular complexity index is 666. The molecule has 0 fully saturated rings. The molecule has 2 aromatic heterocycles. The molecule has 22 heavy (non-hydrogen) atoms. The minimum absolute atomic E-state index is 0.183. The number of carbonyl (C=O) groups excluding carboxylic acids is 1. The van der Waals surface area contributed by atoms with E-state index in [9.17, 15) is 4.79 Å². The normalized spacial score (nSPS) is 10.3. The molecule has 0 aliphatic rings. The van der Waals surface area contributed by atoms with Crippen LogP contribution in [0.4, 0.5) is 4.79 Å². The van der Waals surface area contributed by atoms with Gasteiger partial charge in [-0.05, 0) is 12.1 Å². The second-order valence-electron chi connectivity index (χ2n) is 4.12. The molecule has 116 valence electrons.